The fraction of sp³-hybridized carbons (Fsp3) is 0.286. The number of nitrogens with one attached hydrogen (secondary N) is 1. The number of anilines is 1. The first-order valence-electron chi connectivity index (χ1n) is 6.57. The standard InChI is InChI=1S/C14H14ClN3OS2/c15-11-3-1-10(2-4-11)12-9-21-13(16-12)17-14(19)18-5-7-20-8-6-18/h1-4,9H,5-8H2,(H,16,17,19). The van der Waals surface area contributed by atoms with Crippen LogP contribution in [0.5, 0.6) is 0 Å². The largest absolute Gasteiger partial charge is 0.323 e. The summed E-state index contributed by atoms with van der Waals surface area (Å²) in [5.74, 6) is 2.00. The van der Waals surface area contributed by atoms with Gasteiger partial charge in [0.2, 0.25) is 0 Å². The van der Waals surface area contributed by atoms with Crippen molar-refractivity contribution in [1.29, 1.82) is 0 Å². The normalized spacial score (nSPS) is 15.0. The van der Waals surface area contributed by atoms with E-state index in [9.17, 15) is 4.79 Å². The van der Waals surface area contributed by atoms with Gasteiger partial charge in [0, 0.05) is 40.6 Å². The highest BCUT2D eigenvalue weighted by molar-refractivity contribution is 7.99. The molecule has 1 aliphatic rings. The highest BCUT2D eigenvalue weighted by Crippen LogP contribution is 2.26. The van der Waals surface area contributed by atoms with Crippen LogP contribution in [0.1, 0.15) is 0 Å². The Morgan fingerprint density at radius 3 is 2.67 bits per heavy atom. The Bertz CT molecular complexity index is 623. The van der Waals surface area contributed by atoms with Crippen molar-refractivity contribution in [1.82, 2.24) is 9.88 Å². The van der Waals surface area contributed by atoms with Crippen molar-refractivity contribution in [3.63, 3.8) is 0 Å². The molecule has 1 saturated heterocycles. The zero-order valence-electron chi connectivity index (χ0n) is 11.2. The zero-order valence-corrected chi connectivity index (χ0v) is 13.6. The minimum atomic E-state index is -0.0627. The van der Waals surface area contributed by atoms with Gasteiger partial charge < -0.3 is 4.90 Å². The molecule has 2 heterocycles. The van der Waals surface area contributed by atoms with E-state index >= 15 is 0 Å². The number of thioether (sulfide) groups is 1. The minimum absolute atomic E-state index is 0.0627. The summed E-state index contributed by atoms with van der Waals surface area (Å²) >= 11 is 9.19. The van der Waals surface area contributed by atoms with E-state index in [-0.39, 0.29) is 6.03 Å². The average molecular weight is 340 g/mol. The van der Waals surface area contributed by atoms with Crippen LogP contribution in [0.25, 0.3) is 11.3 Å². The minimum Gasteiger partial charge on any atom is -0.323 e. The maximum absolute atomic E-state index is 12.1. The van der Waals surface area contributed by atoms with E-state index < -0.39 is 0 Å². The fourth-order valence-corrected chi connectivity index (χ4v) is 3.76. The number of hydrogen-bond donors (Lipinski definition) is 1. The third-order valence-corrected chi connectivity index (χ3v) is 5.11. The van der Waals surface area contributed by atoms with Crippen LogP contribution < -0.4 is 5.32 Å². The summed E-state index contributed by atoms with van der Waals surface area (Å²) in [4.78, 5) is 18.4. The molecule has 1 fully saturated rings. The lowest BCUT2D eigenvalue weighted by molar-refractivity contribution is 0.217. The number of carbonyl (C=O) groups excluding carboxylic acids is 1. The Kier molecular flexibility index (Phi) is 4.67. The Morgan fingerprint density at radius 1 is 1.24 bits per heavy atom. The SMILES string of the molecule is O=C(Nc1nc(-c2ccc(Cl)cc2)cs1)N1CCSCC1. The molecule has 3 rings (SSSR count). The van der Waals surface area contributed by atoms with Crippen LogP contribution in [-0.4, -0.2) is 40.5 Å². The van der Waals surface area contributed by atoms with Gasteiger partial charge in [0.05, 0.1) is 5.69 Å². The van der Waals surface area contributed by atoms with E-state index in [2.05, 4.69) is 10.3 Å². The molecule has 0 aliphatic carbocycles. The van der Waals surface area contributed by atoms with Crippen LogP contribution in [0, 0.1) is 0 Å². The summed E-state index contributed by atoms with van der Waals surface area (Å²) < 4.78 is 0. The third kappa shape index (κ3) is 3.70. The lowest BCUT2D eigenvalue weighted by Crippen LogP contribution is -2.40. The molecule has 7 heteroatoms. The molecule has 0 unspecified atom stereocenters. The van der Waals surface area contributed by atoms with Crippen molar-refractivity contribution in [3.8, 4) is 11.3 Å². The second kappa shape index (κ2) is 6.68. The lowest BCUT2D eigenvalue weighted by Gasteiger charge is -2.25. The number of rotatable bonds is 2. The van der Waals surface area contributed by atoms with E-state index in [1.165, 1.54) is 11.3 Å². The third-order valence-electron chi connectivity index (χ3n) is 3.16. The van der Waals surface area contributed by atoms with Crippen molar-refractivity contribution in [2.45, 2.75) is 0 Å². The number of hydrogen-bond acceptors (Lipinski definition) is 4. The number of urea groups is 1. The second-order valence-corrected chi connectivity index (χ2v) is 7.09. The molecule has 1 aromatic carbocycles. The summed E-state index contributed by atoms with van der Waals surface area (Å²) in [7, 11) is 0. The van der Waals surface area contributed by atoms with Crippen LogP contribution in [0.4, 0.5) is 9.93 Å². The second-order valence-electron chi connectivity index (χ2n) is 4.57. The molecule has 1 N–H and O–H groups in total. The summed E-state index contributed by atoms with van der Waals surface area (Å²) in [5.41, 5.74) is 1.84. The number of carbonyl (C=O) groups is 1. The predicted molar refractivity (Wildman–Crippen MR) is 90.5 cm³/mol. The lowest BCUT2D eigenvalue weighted by atomic mass is 10.2. The first-order chi connectivity index (χ1) is 10.2. The molecule has 0 radical (unpaired) electrons. The molecule has 1 aromatic heterocycles. The van der Waals surface area contributed by atoms with Gasteiger partial charge in [-0.05, 0) is 12.1 Å². The monoisotopic (exact) mass is 339 g/mol. The fourth-order valence-electron chi connectivity index (χ4n) is 2.02. The van der Waals surface area contributed by atoms with Crippen molar-refractivity contribution in [3.05, 3.63) is 34.7 Å². The van der Waals surface area contributed by atoms with Crippen LogP contribution in [-0.2, 0) is 0 Å². The van der Waals surface area contributed by atoms with Crippen molar-refractivity contribution >= 4 is 45.9 Å². The van der Waals surface area contributed by atoms with Crippen molar-refractivity contribution in [2.24, 2.45) is 0 Å². The zero-order chi connectivity index (χ0) is 14.7. The maximum Gasteiger partial charge on any atom is 0.323 e. The molecule has 0 saturated carbocycles. The highest BCUT2D eigenvalue weighted by atomic mass is 35.5. The van der Waals surface area contributed by atoms with Gasteiger partial charge in [-0.25, -0.2) is 9.78 Å². The van der Waals surface area contributed by atoms with Gasteiger partial charge in [0.15, 0.2) is 5.13 Å². The first kappa shape index (κ1) is 14.7. The van der Waals surface area contributed by atoms with Gasteiger partial charge >= 0.3 is 6.03 Å². The molecule has 21 heavy (non-hydrogen) atoms. The molecular formula is C14H14ClN3OS2. The molecule has 0 atom stereocenters. The average Bonchev–Trinajstić information content (AvgIpc) is 2.97. The van der Waals surface area contributed by atoms with Crippen LogP contribution in [0.15, 0.2) is 29.6 Å². The summed E-state index contributed by atoms with van der Waals surface area (Å²) in [6.07, 6.45) is 0. The Labute approximate surface area is 136 Å². The van der Waals surface area contributed by atoms with Crippen molar-refractivity contribution < 1.29 is 4.79 Å². The van der Waals surface area contributed by atoms with Crippen LogP contribution in [0.2, 0.25) is 5.02 Å². The topological polar surface area (TPSA) is 45.2 Å². The number of benzene rings is 1. The Morgan fingerprint density at radius 2 is 1.95 bits per heavy atom. The van der Waals surface area contributed by atoms with E-state index in [4.69, 9.17) is 11.6 Å². The quantitative estimate of drug-likeness (QED) is 0.898. The molecule has 4 nitrogen and oxygen atoms in total. The Balaban J connectivity index is 1.67. The number of amides is 2. The van der Waals surface area contributed by atoms with Gasteiger partial charge in [-0.3, -0.25) is 5.32 Å². The smallest absolute Gasteiger partial charge is 0.323 e. The van der Waals surface area contributed by atoms with E-state index in [1.54, 1.807) is 0 Å². The van der Waals surface area contributed by atoms with E-state index in [0.29, 0.717) is 10.2 Å². The number of aromatic nitrogens is 1. The maximum atomic E-state index is 12.1. The Hall–Kier alpha value is -1.24. The van der Waals surface area contributed by atoms with E-state index in [0.717, 1.165) is 35.9 Å². The summed E-state index contributed by atoms with van der Waals surface area (Å²) in [6, 6.07) is 7.45. The van der Waals surface area contributed by atoms with Crippen LogP contribution in [0.3, 0.4) is 0 Å². The molecule has 0 spiro atoms. The van der Waals surface area contributed by atoms with Gasteiger partial charge in [-0.1, -0.05) is 23.7 Å². The molecule has 2 amide bonds. The summed E-state index contributed by atoms with van der Waals surface area (Å²) in [5, 5.41) is 6.14. The van der Waals surface area contributed by atoms with Gasteiger partial charge in [0.25, 0.3) is 0 Å². The van der Waals surface area contributed by atoms with E-state index in [1.807, 2.05) is 46.3 Å². The van der Waals surface area contributed by atoms with Gasteiger partial charge in [-0.15, -0.1) is 11.3 Å². The number of nitrogens with zero attached hydrogens (tertiary/aromatic N) is 2. The summed E-state index contributed by atoms with van der Waals surface area (Å²) in [6.45, 7) is 1.60. The molecule has 0 bridgehead atoms. The number of thiazole rings is 1. The first-order valence-corrected chi connectivity index (χ1v) is 8.99. The highest BCUT2D eigenvalue weighted by Gasteiger charge is 2.17. The molecule has 1 aliphatic heterocycles. The van der Waals surface area contributed by atoms with Crippen LogP contribution >= 0.6 is 34.7 Å². The van der Waals surface area contributed by atoms with Gasteiger partial charge in [-0.2, -0.15) is 11.8 Å². The predicted octanol–water partition coefficient (Wildman–Crippen LogP) is 4.04. The number of halogens is 1. The van der Waals surface area contributed by atoms with Gasteiger partial charge in [0.1, 0.15) is 0 Å². The van der Waals surface area contributed by atoms with Crippen molar-refractivity contribution in [2.75, 3.05) is 29.9 Å². The molecule has 2 aromatic rings. The molecular weight excluding hydrogens is 326 g/mol. The molecule has 110 valence electrons.